The minimum absolute atomic E-state index is 0.199. The van der Waals surface area contributed by atoms with E-state index in [9.17, 15) is 4.79 Å². The van der Waals surface area contributed by atoms with Gasteiger partial charge in [-0.05, 0) is 19.1 Å². The maximum Gasteiger partial charge on any atom is 0.319 e. The van der Waals surface area contributed by atoms with Gasteiger partial charge in [-0.25, -0.2) is 4.98 Å². The summed E-state index contributed by atoms with van der Waals surface area (Å²) >= 11 is 1.54. The first-order valence-corrected chi connectivity index (χ1v) is 6.89. The van der Waals surface area contributed by atoms with E-state index in [0.29, 0.717) is 13.2 Å². The Balaban J connectivity index is 1.86. The molecular weight excluding hydrogens is 262 g/mol. The molecule has 1 N–H and O–H groups in total. The highest BCUT2D eigenvalue weighted by atomic mass is 32.1. The highest BCUT2D eigenvalue weighted by Gasteiger charge is 2.06. The number of carbonyl (C=O) groups excluding carboxylic acids is 1. The van der Waals surface area contributed by atoms with Crippen molar-refractivity contribution < 1.29 is 9.53 Å². The third kappa shape index (κ3) is 4.11. The van der Waals surface area contributed by atoms with Crippen molar-refractivity contribution in [3.05, 3.63) is 35.5 Å². The summed E-state index contributed by atoms with van der Waals surface area (Å²) in [6.45, 7) is 2.94. The Morgan fingerprint density at radius 2 is 2.37 bits per heavy atom. The number of carbonyl (C=O) groups is 1. The molecule has 0 aliphatic carbocycles. The molecule has 0 spiro atoms. The molecule has 0 aromatic carbocycles. The molecule has 0 fully saturated rings. The van der Waals surface area contributed by atoms with Crippen LogP contribution < -0.4 is 5.32 Å². The van der Waals surface area contributed by atoms with Gasteiger partial charge in [0.1, 0.15) is 5.01 Å². The van der Waals surface area contributed by atoms with Crippen LogP contribution in [0.1, 0.15) is 12.6 Å². The number of nitrogens with zero attached hydrogens (tertiary/aromatic N) is 2. The SMILES string of the molecule is CCOC(=O)CNCc1csc(-c2ccccn2)n1. The Kier molecular flexibility index (Phi) is 5.00. The fourth-order valence-electron chi connectivity index (χ4n) is 1.50. The van der Waals surface area contributed by atoms with Crippen LogP contribution in [-0.2, 0) is 16.1 Å². The Labute approximate surface area is 115 Å². The summed E-state index contributed by atoms with van der Waals surface area (Å²) in [6.07, 6.45) is 1.75. The van der Waals surface area contributed by atoms with Gasteiger partial charge in [-0.15, -0.1) is 11.3 Å². The molecule has 2 aromatic heterocycles. The van der Waals surface area contributed by atoms with Crippen molar-refractivity contribution in [2.45, 2.75) is 13.5 Å². The first-order chi connectivity index (χ1) is 9.29. The molecule has 19 heavy (non-hydrogen) atoms. The van der Waals surface area contributed by atoms with E-state index in [-0.39, 0.29) is 12.5 Å². The number of nitrogens with one attached hydrogen (secondary N) is 1. The first-order valence-electron chi connectivity index (χ1n) is 6.01. The fraction of sp³-hybridized carbons (Fsp3) is 0.308. The quantitative estimate of drug-likeness (QED) is 0.816. The molecule has 0 radical (unpaired) electrons. The number of ether oxygens (including phenoxy) is 1. The van der Waals surface area contributed by atoms with Crippen LogP contribution in [0, 0.1) is 0 Å². The van der Waals surface area contributed by atoms with Gasteiger partial charge in [0.15, 0.2) is 0 Å². The highest BCUT2D eigenvalue weighted by Crippen LogP contribution is 2.20. The number of esters is 1. The molecule has 5 nitrogen and oxygen atoms in total. The van der Waals surface area contributed by atoms with E-state index >= 15 is 0 Å². The second-order valence-electron chi connectivity index (χ2n) is 3.77. The van der Waals surface area contributed by atoms with Crippen molar-refractivity contribution in [1.29, 1.82) is 0 Å². The van der Waals surface area contributed by atoms with Gasteiger partial charge in [-0.1, -0.05) is 6.07 Å². The molecule has 0 unspecified atom stereocenters. The molecule has 2 aromatic rings. The Morgan fingerprint density at radius 1 is 1.47 bits per heavy atom. The van der Waals surface area contributed by atoms with Crippen molar-refractivity contribution in [2.75, 3.05) is 13.2 Å². The van der Waals surface area contributed by atoms with Gasteiger partial charge in [-0.3, -0.25) is 9.78 Å². The van der Waals surface area contributed by atoms with E-state index in [1.165, 1.54) is 0 Å². The normalized spacial score (nSPS) is 10.4. The minimum Gasteiger partial charge on any atom is -0.465 e. The topological polar surface area (TPSA) is 64.1 Å². The second-order valence-corrected chi connectivity index (χ2v) is 4.63. The van der Waals surface area contributed by atoms with E-state index in [1.54, 1.807) is 24.5 Å². The first kappa shape index (κ1) is 13.6. The maximum absolute atomic E-state index is 11.1. The molecule has 0 saturated carbocycles. The van der Waals surface area contributed by atoms with Gasteiger partial charge >= 0.3 is 5.97 Å². The fourth-order valence-corrected chi connectivity index (χ4v) is 2.29. The van der Waals surface area contributed by atoms with Crippen molar-refractivity contribution in [3.63, 3.8) is 0 Å². The summed E-state index contributed by atoms with van der Waals surface area (Å²) in [5.41, 5.74) is 1.76. The molecule has 0 atom stereocenters. The van der Waals surface area contributed by atoms with Crippen LogP contribution in [0.2, 0.25) is 0 Å². The van der Waals surface area contributed by atoms with Crippen molar-refractivity contribution in [3.8, 4) is 10.7 Å². The van der Waals surface area contributed by atoms with Crippen LogP contribution in [0.4, 0.5) is 0 Å². The maximum atomic E-state index is 11.1. The monoisotopic (exact) mass is 277 g/mol. The molecule has 2 heterocycles. The average molecular weight is 277 g/mol. The molecule has 2 rings (SSSR count). The summed E-state index contributed by atoms with van der Waals surface area (Å²) in [7, 11) is 0. The van der Waals surface area contributed by atoms with Gasteiger partial charge in [0.05, 0.1) is 24.5 Å². The molecule has 0 aliphatic rings. The zero-order valence-corrected chi connectivity index (χ0v) is 11.4. The lowest BCUT2D eigenvalue weighted by Gasteiger charge is -2.02. The molecular formula is C13H15N3O2S. The van der Waals surface area contributed by atoms with Gasteiger partial charge < -0.3 is 10.1 Å². The van der Waals surface area contributed by atoms with Crippen molar-refractivity contribution >= 4 is 17.3 Å². The summed E-state index contributed by atoms with van der Waals surface area (Å²) in [5.74, 6) is -0.248. The van der Waals surface area contributed by atoms with Crippen molar-refractivity contribution in [2.24, 2.45) is 0 Å². The van der Waals surface area contributed by atoms with Crippen molar-refractivity contribution in [1.82, 2.24) is 15.3 Å². The summed E-state index contributed by atoms with van der Waals surface area (Å²) in [5, 5.41) is 5.84. The van der Waals surface area contributed by atoms with E-state index in [1.807, 2.05) is 23.6 Å². The van der Waals surface area contributed by atoms with Gasteiger partial charge in [0.2, 0.25) is 0 Å². The van der Waals surface area contributed by atoms with E-state index in [2.05, 4.69) is 15.3 Å². The van der Waals surface area contributed by atoms with Crippen LogP contribution in [-0.4, -0.2) is 29.1 Å². The second kappa shape index (κ2) is 6.96. The minimum atomic E-state index is -0.248. The average Bonchev–Trinajstić information content (AvgIpc) is 2.89. The van der Waals surface area contributed by atoms with Crippen LogP contribution in [0.25, 0.3) is 10.7 Å². The van der Waals surface area contributed by atoms with Crippen LogP contribution in [0.3, 0.4) is 0 Å². The Bertz CT molecular complexity index is 528. The largest absolute Gasteiger partial charge is 0.465 e. The zero-order valence-electron chi connectivity index (χ0n) is 10.6. The van der Waals surface area contributed by atoms with Crippen LogP contribution in [0.15, 0.2) is 29.8 Å². The summed E-state index contributed by atoms with van der Waals surface area (Å²) in [4.78, 5) is 19.9. The molecule has 0 bridgehead atoms. The van der Waals surface area contributed by atoms with Gasteiger partial charge in [0, 0.05) is 18.1 Å². The Morgan fingerprint density at radius 3 is 3.11 bits per heavy atom. The number of hydrogen-bond donors (Lipinski definition) is 1. The summed E-state index contributed by atoms with van der Waals surface area (Å²) in [6, 6.07) is 5.73. The smallest absolute Gasteiger partial charge is 0.319 e. The molecule has 0 aliphatic heterocycles. The molecule has 6 heteroatoms. The molecule has 0 saturated heterocycles. The van der Waals surface area contributed by atoms with E-state index in [0.717, 1.165) is 16.4 Å². The van der Waals surface area contributed by atoms with E-state index < -0.39 is 0 Å². The van der Waals surface area contributed by atoms with Crippen LogP contribution in [0.5, 0.6) is 0 Å². The van der Waals surface area contributed by atoms with Gasteiger partial charge in [-0.2, -0.15) is 0 Å². The molecule has 100 valence electrons. The molecule has 0 amide bonds. The third-order valence-electron chi connectivity index (χ3n) is 2.32. The lowest BCUT2D eigenvalue weighted by molar-refractivity contribution is -0.142. The number of rotatable bonds is 6. The lowest BCUT2D eigenvalue weighted by Crippen LogP contribution is -2.24. The number of aromatic nitrogens is 2. The summed E-state index contributed by atoms with van der Waals surface area (Å²) < 4.78 is 4.83. The number of thiazole rings is 1. The van der Waals surface area contributed by atoms with Gasteiger partial charge in [0.25, 0.3) is 0 Å². The zero-order chi connectivity index (χ0) is 13.5. The number of pyridine rings is 1. The lowest BCUT2D eigenvalue weighted by atomic mass is 10.3. The Hall–Kier alpha value is -1.79. The number of hydrogen-bond acceptors (Lipinski definition) is 6. The third-order valence-corrected chi connectivity index (χ3v) is 3.23. The highest BCUT2D eigenvalue weighted by molar-refractivity contribution is 7.13. The van der Waals surface area contributed by atoms with Crippen LogP contribution >= 0.6 is 11.3 Å². The van der Waals surface area contributed by atoms with E-state index in [4.69, 9.17) is 4.74 Å². The predicted molar refractivity (Wildman–Crippen MR) is 73.7 cm³/mol. The predicted octanol–water partition coefficient (Wildman–Crippen LogP) is 1.86. The standard InChI is InChI=1S/C13H15N3O2S/c1-2-18-12(17)8-14-7-10-9-19-13(16-10)11-5-3-4-6-15-11/h3-6,9,14H,2,7-8H2,1H3.